The molecule has 27 heavy (non-hydrogen) atoms. The molecule has 0 spiro atoms. The molecule has 1 unspecified atom stereocenters. The number of rotatable bonds is 3. The molecule has 1 aliphatic rings. The van der Waals surface area contributed by atoms with E-state index in [1.54, 1.807) is 0 Å². The molecule has 0 radical (unpaired) electrons. The molecule has 0 saturated carbocycles. The van der Waals surface area contributed by atoms with E-state index in [9.17, 15) is 0 Å². The minimum absolute atomic E-state index is 0.603. The summed E-state index contributed by atoms with van der Waals surface area (Å²) in [5.74, 6) is 0.820. The third-order valence-electron chi connectivity index (χ3n) is 5.05. The first kappa shape index (κ1) is 15.8. The first-order chi connectivity index (χ1) is 13.3. The van der Waals surface area contributed by atoms with Crippen LogP contribution in [0.2, 0.25) is 0 Å². The van der Waals surface area contributed by atoms with E-state index < -0.39 is 5.60 Å². The fourth-order valence-electron chi connectivity index (χ4n) is 3.82. The topological polar surface area (TPSA) is 35.0 Å². The third-order valence-corrected chi connectivity index (χ3v) is 5.05. The zero-order valence-corrected chi connectivity index (χ0v) is 14.8. The van der Waals surface area contributed by atoms with Gasteiger partial charge in [0.05, 0.1) is 11.0 Å². The predicted molar refractivity (Wildman–Crippen MR) is 108 cm³/mol. The Kier molecular flexibility index (Phi) is 3.54. The van der Waals surface area contributed by atoms with Crippen molar-refractivity contribution in [2.24, 2.45) is 0 Å². The second-order valence-corrected chi connectivity index (χ2v) is 6.69. The SMILES string of the molecule is C=CCC1(c2ccccc2)Oc2ccccc2-c2nc3ccccc3nc21. The van der Waals surface area contributed by atoms with Crippen LogP contribution in [0.5, 0.6) is 5.75 Å². The summed E-state index contributed by atoms with van der Waals surface area (Å²) in [5.41, 5.74) is 4.74. The standard InChI is InChI=1S/C24H18N2O/c1-2-16-24(17-10-4-3-5-11-17)23-22(18-12-6-9-15-21(18)27-24)25-19-13-7-8-14-20(19)26-23/h2-15H,1,16H2. The van der Waals surface area contributed by atoms with E-state index >= 15 is 0 Å². The van der Waals surface area contributed by atoms with Gasteiger partial charge in [0.1, 0.15) is 17.1 Å². The molecule has 3 nitrogen and oxygen atoms in total. The summed E-state index contributed by atoms with van der Waals surface area (Å²) in [6.07, 6.45) is 2.49. The van der Waals surface area contributed by atoms with Gasteiger partial charge in [-0.1, -0.05) is 60.7 Å². The molecule has 4 aromatic rings. The lowest BCUT2D eigenvalue weighted by Gasteiger charge is -2.38. The average molecular weight is 350 g/mol. The smallest absolute Gasteiger partial charge is 0.181 e. The Bertz CT molecular complexity index is 1150. The van der Waals surface area contributed by atoms with Crippen molar-refractivity contribution in [1.29, 1.82) is 0 Å². The van der Waals surface area contributed by atoms with E-state index in [1.165, 1.54) is 0 Å². The highest BCUT2D eigenvalue weighted by Crippen LogP contribution is 2.48. The van der Waals surface area contributed by atoms with Crippen molar-refractivity contribution in [2.75, 3.05) is 0 Å². The summed E-state index contributed by atoms with van der Waals surface area (Å²) in [7, 11) is 0. The van der Waals surface area contributed by atoms with Gasteiger partial charge in [0.2, 0.25) is 0 Å². The Balaban J connectivity index is 1.90. The van der Waals surface area contributed by atoms with E-state index in [-0.39, 0.29) is 0 Å². The number of fused-ring (bicyclic) bond motifs is 4. The molecule has 0 fully saturated rings. The molecule has 0 bridgehead atoms. The monoisotopic (exact) mass is 350 g/mol. The van der Waals surface area contributed by atoms with Crippen LogP contribution >= 0.6 is 0 Å². The van der Waals surface area contributed by atoms with Gasteiger partial charge in [0, 0.05) is 17.5 Å². The number of para-hydroxylation sites is 3. The van der Waals surface area contributed by atoms with Crippen molar-refractivity contribution in [3.63, 3.8) is 0 Å². The maximum absolute atomic E-state index is 6.65. The number of hydrogen-bond donors (Lipinski definition) is 0. The highest BCUT2D eigenvalue weighted by atomic mass is 16.5. The molecule has 3 aromatic carbocycles. The van der Waals surface area contributed by atoms with Crippen LogP contribution in [0.4, 0.5) is 0 Å². The largest absolute Gasteiger partial charge is 0.475 e. The van der Waals surface area contributed by atoms with Crippen LogP contribution in [0, 0.1) is 0 Å². The second kappa shape index (κ2) is 6.06. The molecular formula is C24H18N2O. The molecule has 5 rings (SSSR count). The third kappa shape index (κ3) is 2.36. The van der Waals surface area contributed by atoms with Gasteiger partial charge in [-0.05, 0) is 24.3 Å². The molecule has 0 saturated heterocycles. The molecule has 0 N–H and O–H groups in total. The maximum atomic E-state index is 6.65. The Hall–Kier alpha value is -3.46. The number of ether oxygens (including phenoxy) is 1. The van der Waals surface area contributed by atoms with Crippen LogP contribution < -0.4 is 4.74 Å². The van der Waals surface area contributed by atoms with Crippen molar-refractivity contribution in [3.8, 4) is 17.0 Å². The fraction of sp³-hybridized carbons (Fsp3) is 0.0833. The molecule has 1 aliphatic heterocycles. The van der Waals surface area contributed by atoms with Crippen LogP contribution in [0.1, 0.15) is 17.7 Å². The van der Waals surface area contributed by atoms with Gasteiger partial charge < -0.3 is 4.74 Å². The van der Waals surface area contributed by atoms with Crippen LogP contribution in [-0.2, 0) is 5.60 Å². The van der Waals surface area contributed by atoms with Gasteiger partial charge in [0.25, 0.3) is 0 Å². The molecule has 130 valence electrons. The molecule has 1 aromatic heterocycles. The summed E-state index contributed by atoms with van der Waals surface area (Å²) in [6, 6.07) is 26.2. The highest BCUT2D eigenvalue weighted by molar-refractivity contribution is 5.82. The summed E-state index contributed by atoms with van der Waals surface area (Å²) in [4.78, 5) is 10.0. The fourth-order valence-corrected chi connectivity index (χ4v) is 3.82. The van der Waals surface area contributed by atoms with E-state index in [2.05, 4.69) is 18.7 Å². The van der Waals surface area contributed by atoms with Gasteiger partial charge in [-0.3, -0.25) is 0 Å². The van der Waals surface area contributed by atoms with Gasteiger partial charge in [-0.15, -0.1) is 6.58 Å². The minimum Gasteiger partial charge on any atom is -0.475 e. The van der Waals surface area contributed by atoms with Gasteiger partial charge >= 0.3 is 0 Å². The Labute approximate surface area is 158 Å². The summed E-state index contributed by atoms with van der Waals surface area (Å²) in [6.45, 7) is 3.99. The van der Waals surface area contributed by atoms with Crippen molar-refractivity contribution >= 4 is 11.0 Å². The van der Waals surface area contributed by atoms with E-state index in [1.807, 2.05) is 72.8 Å². The molecule has 3 heteroatoms. The van der Waals surface area contributed by atoms with Crippen LogP contribution in [-0.4, -0.2) is 9.97 Å². The van der Waals surface area contributed by atoms with Crippen molar-refractivity contribution in [2.45, 2.75) is 12.0 Å². The van der Waals surface area contributed by atoms with Crippen molar-refractivity contribution in [1.82, 2.24) is 9.97 Å². The van der Waals surface area contributed by atoms with Crippen LogP contribution in [0.25, 0.3) is 22.3 Å². The van der Waals surface area contributed by atoms with Gasteiger partial charge in [-0.25, -0.2) is 9.97 Å². The van der Waals surface area contributed by atoms with Gasteiger partial charge in [-0.2, -0.15) is 0 Å². The zero-order chi connectivity index (χ0) is 18.3. The molecule has 1 atom stereocenters. The molecule has 0 aliphatic carbocycles. The second-order valence-electron chi connectivity index (χ2n) is 6.69. The van der Waals surface area contributed by atoms with Crippen LogP contribution in [0.3, 0.4) is 0 Å². The van der Waals surface area contributed by atoms with Crippen molar-refractivity contribution in [3.05, 3.63) is 103 Å². The number of benzene rings is 3. The van der Waals surface area contributed by atoms with Crippen molar-refractivity contribution < 1.29 is 4.74 Å². The predicted octanol–water partition coefficient (Wildman–Crippen LogP) is 5.51. The summed E-state index contributed by atoms with van der Waals surface area (Å²) in [5, 5.41) is 0. The Morgan fingerprint density at radius 1 is 0.815 bits per heavy atom. The zero-order valence-electron chi connectivity index (χ0n) is 14.8. The lowest BCUT2D eigenvalue weighted by Crippen LogP contribution is -2.38. The number of nitrogens with zero attached hydrogens (tertiary/aromatic N) is 2. The normalized spacial score (nSPS) is 17.6. The first-order valence-corrected chi connectivity index (χ1v) is 9.04. The maximum Gasteiger partial charge on any atom is 0.181 e. The Morgan fingerprint density at radius 3 is 2.26 bits per heavy atom. The minimum atomic E-state index is -0.746. The molecule has 0 amide bonds. The summed E-state index contributed by atoms with van der Waals surface area (Å²) >= 11 is 0. The number of hydrogen-bond acceptors (Lipinski definition) is 3. The Morgan fingerprint density at radius 2 is 1.48 bits per heavy atom. The van der Waals surface area contributed by atoms with E-state index in [4.69, 9.17) is 14.7 Å². The molecular weight excluding hydrogens is 332 g/mol. The quantitative estimate of drug-likeness (QED) is 0.457. The lowest BCUT2D eigenvalue weighted by atomic mass is 9.82. The lowest BCUT2D eigenvalue weighted by molar-refractivity contribution is 0.106. The van der Waals surface area contributed by atoms with E-state index in [0.717, 1.165) is 39.3 Å². The number of aromatic nitrogens is 2. The molecule has 2 heterocycles. The van der Waals surface area contributed by atoms with Crippen LogP contribution in [0.15, 0.2) is 91.5 Å². The highest BCUT2D eigenvalue weighted by Gasteiger charge is 2.44. The van der Waals surface area contributed by atoms with Gasteiger partial charge in [0.15, 0.2) is 5.60 Å². The summed E-state index contributed by atoms with van der Waals surface area (Å²) < 4.78 is 6.65. The average Bonchev–Trinajstić information content (AvgIpc) is 2.73. The van der Waals surface area contributed by atoms with E-state index in [0.29, 0.717) is 6.42 Å². The first-order valence-electron chi connectivity index (χ1n) is 9.04.